The van der Waals surface area contributed by atoms with Gasteiger partial charge in [-0.05, 0) is 25.0 Å². The molecular formula is C10H7Cl6. The summed E-state index contributed by atoms with van der Waals surface area (Å²) >= 11 is 34.8. The molecule has 0 unspecified atom stereocenters. The smallest absolute Gasteiger partial charge is 0.0784 e. The van der Waals surface area contributed by atoms with Crippen LogP contribution >= 0.6 is 69.6 Å². The van der Waals surface area contributed by atoms with Crippen LogP contribution in [0.2, 0.25) is 0 Å². The lowest BCUT2D eigenvalue weighted by atomic mass is 10.0. The molecule has 16 heavy (non-hydrogen) atoms. The molecule has 0 atom stereocenters. The largest absolute Gasteiger partial charge is 0.216 e. The number of alkyl halides is 6. The number of benzene rings is 1. The Balaban J connectivity index is 3.34. The molecule has 0 aromatic heterocycles. The average Bonchev–Trinajstić information content (AvgIpc) is 2.14. The Hall–Kier alpha value is 0.960. The molecule has 0 saturated heterocycles. The van der Waals surface area contributed by atoms with Gasteiger partial charge in [0.15, 0.2) is 0 Å². The molecule has 0 N–H and O–H groups in total. The summed E-state index contributed by atoms with van der Waals surface area (Å²) in [5, 5.41) is 0. The fraction of sp³-hybridized carbons (Fsp3) is 0.300. The summed E-state index contributed by atoms with van der Waals surface area (Å²) in [7, 11) is 0. The Morgan fingerprint density at radius 3 is 1.88 bits per heavy atom. The first-order valence-corrected chi connectivity index (χ1v) is 6.49. The first-order valence-electron chi connectivity index (χ1n) is 4.23. The van der Waals surface area contributed by atoms with E-state index >= 15 is 0 Å². The van der Waals surface area contributed by atoms with Crippen molar-refractivity contribution >= 4 is 69.6 Å². The summed E-state index contributed by atoms with van der Waals surface area (Å²) < 4.78 is -3.09. The van der Waals surface area contributed by atoms with Gasteiger partial charge in [-0.25, -0.2) is 0 Å². The zero-order valence-corrected chi connectivity index (χ0v) is 12.4. The zero-order valence-electron chi connectivity index (χ0n) is 7.91. The minimum absolute atomic E-state index is 0.455. The summed E-state index contributed by atoms with van der Waals surface area (Å²) in [6.07, 6.45) is 0.489. The summed E-state index contributed by atoms with van der Waals surface area (Å²) in [5.41, 5.74) is 1.74. The summed E-state index contributed by atoms with van der Waals surface area (Å²) in [6.45, 7) is 3.75. The molecule has 1 rings (SSSR count). The van der Waals surface area contributed by atoms with Crippen molar-refractivity contribution in [3.05, 3.63) is 41.8 Å². The number of halogens is 6. The minimum atomic E-state index is -1.56. The molecule has 0 aliphatic heterocycles. The maximum absolute atomic E-state index is 5.84. The molecule has 1 aromatic carbocycles. The average molecular weight is 340 g/mol. The fourth-order valence-corrected chi connectivity index (χ4v) is 2.12. The van der Waals surface area contributed by atoms with Gasteiger partial charge in [-0.2, -0.15) is 0 Å². The number of hydrogen-bond donors (Lipinski definition) is 0. The summed E-state index contributed by atoms with van der Waals surface area (Å²) in [5.74, 6) is 0. The predicted molar refractivity (Wildman–Crippen MR) is 74.0 cm³/mol. The second kappa shape index (κ2) is 5.30. The van der Waals surface area contributed by atoms with Crippen molar-refractivity contribution in [2.45, 2.75) is 14.0 Å². The minimum Gasteiger partial charge on any atom is -0.0784 e. The van der Waals surface area contributed by atoms with Crippen molar-refractivity contribution in [2.24, 2.45) is 0 Å². The molecule has 0 amide bonds. The molecule has 0 saturated carbocycles. The lowest BCUT2D eigenvalue weighted by molar-refractivity contribution is 1.10. The lowest BCUT2D eigenvalue weighted by Gasteiger charge is -2.19. The van der Waals surface area contributed by atoms with Crippen LogP contribution in [0.15, 0.2) is 18.2 Å². The second-order valence-corrected chi connectivity index (χ2v) is 7.68. The van der Waals surface area contributed by atoms with Crippen LogP contribution < -0.4 is 0 Å². The Morgan fingerprint density at radius 1 is 0.938 bits per heavy atom. The fourth-order valence-electron chi connectivity index (χ4n) is 1.23. The van der Waals surface area contributed by atoms with Gasteiger partial charge >= 0.3 is 0 Å². The Kier molecular flexibility index (Phi) is 4.98. The SMILES string of the molecule is [CH2]Cc1ccc(C(Cl)(Cl)Cl)cc1C(Cl)(Cl)Cl. The highest BCUT2D eigenvalue weighted by Crippen LogP contribution is 2.44. The molecular weight excluding hydrogens is 333 g/mol. The van der Waals surface area contributed by atoms with Crippen LogP contribution in [0.25, 0.3) is 0 Å². The van der Waals surface area contributed by atoms with Gasteiger partial charge in [0.2, 0.25) is 7.59 Å². The van der Waals surface area contributed by atoms with Crippen molar-refractivity contribution in [3.63, 3.8) is 0 Å². The van der Waals surface area contributed by atoms with E-state index < -0.39 is 7.59 Å². The van der Waals surface area contributed by atoms with E-state index in [-0.39, 0.29) is 0 Å². The molecule has 1 radical (unpaired) electrons. The lowest BCUT2D eigenvalue weighted by Crippen LogP contribution is -2.09. The van der Waals surface area contributed by atoms with Crippen LogP contribution in [-0.2, 0) is 14.0 Å². The highest BCUT2D eigenvalue weighted by Gasteiger charge is 2.30. The highest BCUT2D eigenvalue weighted by atomic mass is 35.6. The predicted octanol–water partition coefficient (Wildman–Crippen LogP) is 5.72. The first kappa shape index (κ1) is 15.0. The van der Waals surface area contributed by atoms with E-state index in [1.165, 1.54) is 0 Å². The van der Waals surface area contributed by atoms with Crippen LogP contribution in [0.5, 0.6) is 0 Å². The van der Waals surface area contributed by atoms with E-state index in [1.54, 1.807) is 18.2 Å². The Morgan fingerprint density at radius 2 is 1.50 bits per heavy atom. The summed E-state index contributed by atoms with van der Waals surface area (Å²) in [6, 6.07) is 4.98. The van der Waals surface area contributed by atoms with E-state index in [9.17, 15) is 0 Å². The quantitative estimate of drug-likeness (QED) is 0.574. The van der Waals surface area contributed by atoms with Gasteiger partial charge in [-0.1, -0.05) is 81.7 Å². The van der Waals surface area contributed by atoms with Gasteiger partial charge in [0.05, 0.1) is 0 Å². The van der Waals surface area contributed by atoms with Crippen molar-refractivity contribution in [3.8, 4) is 0 Å². The van der Waals surface area contributed by atoms with E-state index in [1.807, 2.05) is 0 Å². The highest BCUT2D eigenvalue weighted by molar-refractivity contribution is 6.67. The third kappa shape index (κ3) is 3.73. The van der Waals surface area contributed by atoms with Gasteiger partial charge in [0.1, 0.15) is 0 Å². The van der Waals surface area contributed by atoms with Crippen LogP contribution in [-0.4, -0.2) is 0 Å². The summed E-state index contributed by atoms with van der Waals surface area (Å²) in [4.78, 5) is 0. The molecule has 0 bridgehead atoms. The topological polar surface area (TPSA) is 0 Å². The Bertz CT molecular complexity index is 374. The van der Waals surface area contributed by atoms with Crippen molar-refractivity contribution in [1.29, 1.82) is 0 Å². The van der Waals surface area contributed by atoms with Crippen molar-refractivity contribution in [1.82, 2.24) is 0 Å². The molecule has 0 spiro atoms. The number of hydrogen-bond acceptors (Lipinski definition) is 0. The van der Waals surface area contributed by atoms with Crippen molar-refractivity contribution in [2.75, 3.05) is 0 Å². The van der Waals surface area contributed by atoms with Gasteiger partial charge in [-0.3, -0.25) is 0 Å². The normalized spacial score (nSPS) is 12.9. The molecule has 1 aromatic rings. The monoisotopic (exact) mass is 337 g/mol. The standard InChI is InChI=1S/C10H7Cl6/c1-2-6-3-4-7(9(11,12)13)5-8(6)10(14,15)16/h3-5H,1-2H2. The number of rotatable bonds is 1. The molecule has 0 heterocycles. The molecule has 0 nitrogen and oxygen atoms in total. The van der Waals surface area contributed by atoms with E-state index in [4.69, 9.17) is 69.6 Å². The van der Waals surface area contributed by atoms with Crippen LogP contribution in [0.4, 0.5) is 0 Å². The third-order valence-electron chi connectivity index (χ3n) is 2.01. The van der Waals surface area contributed by atoms with Gasteiger partial charge in [0, 0.05) is 11.1 Å². The second-order valence-electron chi connectivity index (χ2n) is 3.12. The first-order chi connectivity index (χ1) is 7.16. The molecule has 0 fully saturated rings. The zero-order chi connectivity index (χ0) is 12.6. The van der Waals surface area contributed by atoms with E-state index in [0.29, 0.717) is 17.5 Å². The van der Waals surface area contributed by atoms with E-state index in [2.05, 4.69) is 6.92 Å². The molecule has 0 aliphatic carbocycles. The molecule has 0 aliphatic rings. The van der Waals surface area contributed by atoms with Crippen molar-refractivity contribution < 1.29 is 0 Å². The van der Waals surface area contributed by atoms with Crippen LogP contribution in [0, 0.1) is 6.92 Å². The van der Waals surface area contributed by atoms with E-state index in [0.717, 1.165) is 5.56 Å². The van der Waals surface area contributed by atoms with Crippen LogP contribution in [0.1, 0.15) is 16.7 Å². The third-order valence-corrected chi connectivity index (χ3v) is 3.28. The maximum atomic E-state index is 5.84. The molecule has 6 heteroatoms. The van der Waals surface area contributed by atoms with Gasteiger partial charge < -0.3 is 0 Å². The molecule has 89 valence electrons. The van der Waals surface area contributed by atoms with Gasteiger partial charge in [-0.15, -0.1) is 0 Å². The maximum Gasteiger partial charge on any atom is 0.216 e. The van der Waals surface area contributed by atoms with Gasteiger partial charge in [0.25, 0.3) is 0 Å². The van der Waals surface area contributed by atoms with Crippen LogP contribution in [0.3, 0.4) is 0 Å². The Labute approximate surface area is 125 Å².